The van der Waals surface area contributed by atoms with E-state index in [4.69, 9.17) is 35.4 Å². The molecule has 0 aliphatic carbocycles. The predicted molar refractivity (Wildman–Crippen MR) is 122 cm³/mol. The molecule has 2 heterocycles. The molecule has 0 spiro atoms. The first-order chi connectivity index (χ1) is 14.7. The van der Waals surface area contributed by atoms with Crippen LogP contribution in [0.15, 0.2) is 47.4 Å². The van der Waals surface area contributed by atoms with Crippen molar-refractivity contribution in [2.75, 3.05) is 4.90 Å². The molecular weight excluding hydrogens is 481 g/mol. The van der Waals surface area contributed by atoms with Gasteiger partial charge in [0.05, 0.1) is 31.8 Å². The minimum atomic E-state index is -0.696. The number of nitrogens with zero attached hydrogens (tertiary/aromatic N) is 2. The maximum absolute atomic E-state index is 13.1. The summed E-state index contributed by atoms with van der Waals surface area (Å²) in [5, 5.41) is 1.08. The Morgan fingerprint density at radius 2 is 1.74 bits per heavy atom. The van der Waals surface area contributed by atoms with Gasteiger partial charge in [-0.1, -0.05) is 59.2 Å². The van der Waals surface area contributed by atoms with E-state index in [0.717, 1.165) is 21.7 Å². The number of hydrazine groups is 1. The average molecular weight is 492 g/mol. The molecule has 11 heteroatoms. The highest BCUT2D eigenvalue weighted by Crippen LogP contribution is 2.44. The Bertz CT molecular complexity index is 1240. The van der Waals surface area contributed by atoms with Crippen molar-refractivity contribution in [3.05, 3.63) is 68.5 Å². The molecule has 7 nitrogen and oxygen atoms in total. The van der Waals surface area contributed by atoms with Crippen LogP contribution in [-0.4, -0.2) is 33.0 Å². The van der Waals surface area contributed by atoms with E-state index in [1.807, 2.05) is 0 Å². The number of imide groups is 1. The normalized spacial score (nSPS) is 18.0. The molecule has 0 saturated carbocycles. The van der Waals surface area contributed by atoms with E-state index in [2.05, 4.69) is 5.43 Å². The number of fused-ring (bicyclic) bond motifs is 1. The summed E-state index contributed by atoms with van der Waals surface area (Å²) in [7, 11) is 0. The summed E-state index contributed by atoms with van der Waals surface area (Å²) in [6.45, 7) is 1.26. The van der Waals surface area contributed by atoms with Gasteiger partial charge >= 0.3 is 0 Å². The van der Waals surface area contributed by atoms with Crippen LogP contribution >= 0.6 is 47.2 Å². The molecule has 2 aromatic rings. The molecule has 4 amide bonds. The molecule has 2 aliphatic rings. The second kappa shape index (κ2) is 8.08. The van der Waals surface area contributed by atoms with Crippen LogP contribution in [0, 0.1) is 0 Å². The average Bonchev–Trinajstić information content (AvgIpc) is 3.17. The number of thioether (sulfide) groups is 1. The van der Waals surface area contributed by atoms with Crippen molar-refractivity contribution in [3.63, 3.8) is 0 Å². The van der Waals surface area contributed by atoms with E-state index in [-0.39, 0.29) is 30.4 Å². The minimum absolute atomic E-state index is 0.0173. The standard InChI is InChI=1S/C20H11Cl2N3O4S2/c1-9(26)24-13-8-3-2-5-10(13)14(18(24)28)16-19(29)25(20(30)31-16)23-17(27)11-6-4-7-12(21)15(11)22/h2-8H,1H3,(H,23,27). The smallest absolute Gasteiger partial charge is 0.274 e. The van der Waals surface area contributed by atoms with Crippen LogP contribution in [0.25, 0.3) is 5.57 Å². The van der Waals surface area contributed by atoms with Crippen molar-refractivity contribution in [3.8, 4) is 0 Å². The summed E-state index contributed by atoms with van der Waals surface area (Å²) >= 11 is 18.1. The van der Waals surface area contributed by atoms with E-state index < -0.39 is 23.6 Å². The summed E-state index contributed by atoms with van der Waals surface area (Å²) in [5.41, 5.74) is 3.34. The molecule has 0 atom stereocenters. The van der Waals surface area contributed by atoms with Crippen molar-refractivity contribution >= 4 is 86.4 Å². The molecule has 1 saturated heterocycles. The van der Waals surface area contributed by atoms with Crippen molar-refractivity contribution in [2.45, 2.75) is 6.92 Å². The Morgan fingerprint density at radius 3 is 2.45 bits per heavy atom. The topological polar surface area (TPSA) is 86.8 Å². The van der Waals surface area contributed by atoms with Crippen LogP contribution < -0.4 is 10.3 Å². The lowest BCUT2D eigenvalue weighted by Gasteiger charge is -2.16. The van der Waals surface area contributed by atoms with Gasteiger partial charge in [0.25, 0.3) is 17.7 Å². The fourth-order valence-electron chi connectivity index (χ4n) is 3.20. The number of para-hydroxylation sites is 1. The van der Waals surface area contributed by atoms with E-state index >= 15 is 0 Å². The number of carbonyl (C=O) groups is 4. The monoisotopic (exact) mass is 491 g/mol. The zero-order valence-corrected chi connectivity index (χ0v) is 18.8. The highest BCUT2D eigenvalue weighted by atomic mass is 35.5. The zero-order valence-electron chi connectivity index (χ0n) is 15.6. The first-order valence-corrected chi connectivity index (χ1v) is 10.7. The van der Waals surface area contributed by atoms with Gasteiger partial charge < -0.3 is 0 Å². The van der Waals surface area contributed by atoms with Crippen LogP contribution in [0.3, 0.4) is 0 Å². The Morgan fingerprint density at radius 1 is 1.03 bits per heavy atom. The number of rotatable bonds is 2. The van der Waals surface area contributed by atoms with Gasteiger partial charge in [-0.25, -0.2) is 4.90 Å². The first-order valence-electron chi connectivity index (χ1n) is 8.72. The third kappa shape index (κ3) is 3.53. The zero-order chi connectivity index (χ0) is 22.4. The third-order valence-electron chi connectivity index (χ3n) is 4.55. The van der Waals surface area contributed by atoms with Gasteiger partial charge in [-0.2, -0.15) is 5.01 Å². The Kier molecular flexibility index (Phi) is 5.61. The van der Waals surface area contributed by atoms with E-state index in [1.165, 1.54) is 19.1 Å². The van der Waals surface area contributed by atoms with Gasteiger partial charge in [-0.3, -0.25) is 24.6 Å². The molecule has 2 aromatic carbocycles. The molecule has 156 valence electrons. The number of carbonyl (C=O) groups excluding carboxylic acids is 4. The summed E-state index contributed by atoms with van der Waals surface area (Å²) in [4.78, 5) is 51.7. The van der Waals surface area contributed by atoms with E-state index in [9.17, 15) is 19.2 Å². The summed E-state index contributed by atoms with van der Waals surface area (Å²) < 4.78 is 0.0190. The van der Waals surface area contributed by atoms with E-state index in [0.29, 0.717) is 11.3 Å². The number of amides is 4. The van der Waals surface area contributed by atoms with Crippen LogP contribution in [0.5, 0.6) is 0 Å². The number of anilines is 1. The first kappa shape index (κ1) is 21.5. The minimum Gasteiger partial charge on any atom is -0.274 e. The molecule has 4 rings (SSSR count). The fourth-order valence-corrected chi connectivity index (χ4v) is 4.84. The van der Waals surface area contributed by atoms with E-state index in [1.54, 1.807) is 30.3 Å². The van der Waals surface area contributed by atoms with Crippen molar-refractivity contribution in [1.29, 1.82) is 0 Å². The van der Waals surface area contributed by atoms with Gasteiger partial charge in [-0.05, 0) is 30.4 Å². The van der Waals surface area contributed by atoms with Crippen molar-refractivity contribution in [2.24, 2.45) is 0 Å². The fraction of sp³-hybridized carbons (Fsp3) is 0.0500. The largest absolute Gasteiger partial charge is 0.286 e. The number of hydrogen-bond acceptors (Lipinski definition) is 6. The Balaban J connectivity index is 1.71. The van der Waals surface area contributed by atoms with Gasteiger partial charge in [0.2, 0.25) is 5.91 Å². The Hall–Kier alpha value is -2.72. The van der Waals surface area contributed by atoms with Gasteiger partial charge in [-0.15, -0.1) is 0 Å². The number of hydrogen-bond donors (Lipinski definition) is 1. The number of nitrogens with one attached hydrogen (secondary N) is 1. The second-order valence-electron chi connectivity index (χ2n) is 6.43. The molecule has 2 aliphatic heterocycles. The molecule has 0 bridgehead atoms. The third-order valence-corrected chi connectivity index (χ3v) is 6.74. The number of benzene rings is 2. The van der Waals surface area contributed by atoms with Crippen LogP contribution in [0.1, 0.15) is 22.8 Å². The molecule has 1 N–H and O–H groups in total. The quantitative estimate of drug-likeness (QED) is 0.507. The number of thiocarbonyl (C=S) groups is 1. The summed E-state index contributed by atoms with van der Waals surface area (Å²) in [6.07, 6.45) is 0. The molecular formula is C20H11Cl2N3O4S2. The lowest BCUT2D eigenvalue weighted by molar-refractivity contribution is -0.125. The molecule has 0 unspecified atom stereocenters. The van der Waals surface area contributed by atoms with Crippen LogP contribution in [-0.2, 0) is 14.4 Å². The molecule has 1 fully saturated rings. The second-order valence-corrected chi connectivity index (χ2v) is 8.86. The molecule has 0 aromatic heterocycles. The van der Waals surface area contributed by atoms with Crippen LogP contribution in [0.4, 0.5) is 5.69 Å². The maximum Gasteiger partial charge on any atom is 0.286 e. The predicted octanol–water partition coefficient (Wildman–Crippen LogP) is 3.80. The lowest BCUT2D eigenvalue weighted by atomic mass is 10.1. The summed E-state index contributed by atoms with van der Waals surface area (Å²) in [6, 6.07) is 11.1. The van der Waals surface area contributed by atoms with Crippen LogP contribution in [0.2, 0.25) is 10.0 Å². The van der Waals surface area contributed by atoms with Gasteiger partial charge in [0, 0.05) is 12.5 Å². The Labute approximate surface area is 195 Å². The maximum atomic E-state index is 13.1. The number of halogens is 2. The lowest BCUT2D eigenvalue weighted by Crippen LogP contribution is -2.45. The highest BCUT2D eigenvalue weighted by molar-refractivity contribution is 8.26. The molecule has 0 radical (unpaired) electrons. The van der Waals surface area contributed by atoms with Crippen molar-refractivity contribution < 1.29 is 19.2 Å². The SMILES string of the molecule is CC(=O)N1C(=O)C(=C2SC(=S)N(NC(=O)c3cccc(Cl)c3Cl)C2=O)c2ccccc21. The van der Waals surface area contributed by atoms with Gasteiger partial charge in [0.15, 0.2) is 4.32 Å². The summed E-state index contributed by atoms with van der Waals surface area (Å²) in [5.74, 6) is -2.49. The van der Waals surface area contributed by atoms with Crippen molar-refractivity contribution in [1.82, 2.24) is 10.4 Å². The highest BCUT2D eigenvalue weighted by Gasteiger charge is 2.43. The van der Waals surface area contributed by atoms with Gasteiger partial charge in [0.1, 0.15) is 0 Å². The molecule has 31 heavy (non-hydrogen) atoms.